The summed E-state index contributed by atoms with van der Waals surface area (Å²) in [5, 5.41) is 0. The molecule has 84 valence electrons. The Morgan fingerprint density at radius 1 is 1.38 bits per heavy atom. The number of hydrogen-bond acceptors (Lipinski definition) is 2. The summed E-state index contributed by atoms with van der Waals surface area (Å²) < 4.78 is 5.75. The molecule has 0 aromatic heterocycles. The van der Waals surface area contributed by atoms with E-state index >= 15 is 0 Å². The first-order chi connectivity index (χ1) is 7.64. The maximum Gasteiger partial charge on any atom is 0.155 e. The number of carbonyl (C=O) groups is 1. The van der Waals surface area contributed by atoms with Crippen LogP contribution in [-0.4, -0.2) is 18.0 Å². The lowest BCUT2D eigenvalue weighted by molar-refractivity contribution is -0.125. The molecule has 2 heteroatoms. The average molecular weight is 216 g/mol. The SMILES string of the molecule is CC1=CC(Cc2ccccc2)OC1(C)C=O. The smallest absolute Gasteiger partial charge is 0.155 e. The molecule has 2 rings (SSSR count). The van der Waals surface area contributed by atoms with Crippen LogP contribution in [0, 0.1) is 0 Å². The van der Waals surface area contributed by atoms with Gasteiger partial charge < -0.3 is 4.74 Å². The zero-order chi connectivity index (χ0) is 11.6. The molecule has 0 aliphatic carbocycles. The molecule has 1 aliphatic rings. The second-order valence-corrected chi connectivity index (χ2v) is 4.42. The third-order valence-electron chi connectivity index (χ3n) is 3.12. The Balaban J connectivity index is 2.08. The molecule has 1 aliphatic heterocycles. The van der Waals surface area contributed by atoms with E-state index in [1.54, 1.807) is 0 Å². The Kier molecular flexibility index (Phi) is 2.92. The molecule has 2 atom stereocenters. The molecule has 1 aromatic rings. The molecule has 0 amide bonds. The monoisotopic (exact) mass is 216 g/mol. The van der Waals surface area contributed by atoms with Crippen LogP contribution in [0.5, 0.6) is 0 Å². The van der Waals surface area contributed by atoms with Crippen LogP contribution >= 0.6 is 0 Å². The van der Waals surface area contributed by atoms with Gasteiger partial charge in [-0.05, 0) is 25.0 Å². The van der Waals surface area contributed by atoms with Crippen LogP contribution < -0.4 is 0 Å². The van der Waals surface area contributed by atoms with E-state index in [4.69, 9.17) is 4.74 Å². The molecule has 0 fully saturated rings. The Bertz CT molecular complexity index is 408. The molecule has 0 bridgehead atoms. The van der Waals surface area contributed by atoms with Crippen molar-refractivity contribution in [3.8, 4) is 0 Å². The van der Waals surface area contributed by atoms with Gasteiger partial charge in [0.2, 0.25) is 0 Å². The molecule has 0 saturated heterocycles. The van der Waals surface area contributed by atoms with Crippen molar-refractivity contribution in [3.05, 3.63) is 47.5 Å². The fourth-order valence-corrected chi connectivity index (χ4v) is 1.95. The van der Waals surface area contributed by atoms with E-state index in [0.29, 0.717) is 0 Å². The van der Waals surface area contributed by atoms with Gasteiger partial charge in [-0.3, -0.25) is 4.79 Å². The Labute approximate surface area is 95.9 Å². The number of ether oxygens (including phenoxy) is 1. The summed E-state index contributed by atoms with van der Waals surface area (Å²) in [6.45, 7) is 3.76. The predicted octanol–water partition coefficient (Wildman–Crippen LogP) is 2.53. The second kappa shape index (κ2) is 4.22. The highest BCUT2D eigenvalue weighted by Gasteiger charge is 2.35. The van der Waals surface area contributed by atoms with Crippen molar-refractivity contribution in [2.24, 2.45) is 0 Å². The zero-order valence-electron chi connectivity index (χ0n) is 9.64. The highest BCUT2D eigenvalue weighted by molar-refractivity contribution is 5.68. The lowest BCUT2D eigenvalue weighted by Crippen LogP contribution is -2.30. The fraction of sp³-hybridized carbons (Fsp3) is 0.357. The Hall–Kier alpha value is -1.41. The van der Waals surface area contributed by atoms with E-state index in [1.807, 2.05) is 38.1 Å². The van der Waals surface area contributed by atoms with Crippen LogP contribution in [-0.2, 0) is 16.0 Å². The van der Waals surface area contributed by atoms with Gasteiger partial charge in [-0.2, -0.15) is 0 Å². The molecule has 2 unspecified atom stereocenters. The fourth-order valence-electron chi connectivity index (χ4n) is 1.95. The van der Waals surface area contributed by atoms with E-state index in [1.165, 1.54) is 5.56 Å². The molecule has 2 nitrogen and oxygen atoms in total. The minimum atomic E-state index is -0.723. The van der Waals surface area contributed by atoms with E-state index in [9.17, 15) is 4.79 Å². The first-order valence-electron chi connectivity index (χ1n) is 5.51. The molecule has 1 heterocycles. The van der Waals surface area contributed by atoms with Gasteiger partial charge in [0.15, 0.2) is 6.29 Å². The van der Waals surface area contributed by atoms with Gasteiger partial charge in [0.25, 0.3) is 0 Å². The minimum Gasteiger partial charge on any atom is -0.356 e. The van der Waals surface area contributed by atoms with Crippen molar-refractivity contribution in [1.29, 1.82) is 0 Å². The van der Waals surface area contributed by atoms with Crippen LogP contribution in [0.1, 0.15) is 19.4 Å². The third kappa shape index (κ3) is 2.07. The van der Waals surface area contributed by atoms with Gasteiger partial charge in [0.1, 0.15) is 5.60 Å². The van der Waals surface area contributed by atoms with Gasteiger partial charge in [-0.15, -0.1) is 0 Å². The first kappa shape index (κ1) is 11.1. The van der Waals surface area contributed by atoms with Crippen molar-refractivity contribution >= 4 is 6.29 Å². The van der Waals surface area contributed by atoms with Crippen LogP contribution in [0.3, 0.4) is 0 Å². The second-order valence-electron chi connectivity index (χ2n) is 4.42. The summed E-state index contributed by atoms with van der Waals surface area (Å²) in [7, 11) is 0. The van der Waals surface area contributed by atoms with Crippen LogP contribution in [0.25, 0.3) is 0 Å². The van der Waals surface area contributed by atoms with Crippen molar-refractivity contribution in [1.82, 2.24) is 0 Å². The zero-order valence-corrected chi connectivity index (χ0v) is 9.64. The number of aldehydes is 1. The lowest BCUT2D eigenvalue weighted by Gasteiger charge is -2.20. The highest BCUT2D eigenvalue weighted by Crippen LogP contribution is 2.29. The van der Waals surface area contributed by atoms with Crippen LogP contribution in [0.2, 0.25) is 0 Å². The quantitative estimate of drug-likeness (QED) is 0.573. The Morgan fingerprint density at radius 2 is 2.06 bits per heavy atom. The van der Waals surface area contributed by atoms with E-state index in [2.05, 4.69) is 12.1 Å². The van der Waals surface area contributed by atoms with Gasteiger partial charge in [-0.25, -0.2) is 0 Å². The molecule has 0 N–H and O–H groups in total. The molecule has 0 radical (unpaired) electrons. The van der Waals surface area contributed by atoms with Gasteiger partial charge >= 0.3 is 0 Å². The molecule has 0 saturated carbocycles. The molecule has 16 heavy (non-hydrogen) atoms. The third-order valence-corrected chi connectivity index (χ3v) is 3.12. The largest absolute Gasteiger partial charge is 0.356 e. The summed E-state index contributed by atoms with van der Waals surface area (Å²) in [5.41, 5.74) is 1.51. The molecule has 1 aromatic carbocycles. The van der Waals surface area contributed by atoms with Crippen molar-refractivity contribution in [2.45, 2.75) is 32.0 Å². The van der Waals surface area contributed by atoms with E-state index in [-0.39, 0.29) is 6.10 Å². The number of carbonyl (C=O) groups excluding carboxylic acids is 1. The summed E-state index contributed by atoms with van der Waals surface area (Å²) in [6.07, 6.45) is 3.75. The standard InChI is InChI=1S/C14H16O2/c1-11-8-13(16-14(11,2)10-15)9-12-6-4-3-5-7-12/h3-8,10,13H,9H2,1-2H3. The minimum absolute atomic E-state index is 0.0117. The lowest BCUT2D eigenvalue weighted by atomic mass is 10.0. The van der Waals surface area contributed by atoms with Gasteiger partial charge in [0.05, 0.1) is 6.10 Å². The summed E-state index contributed by atoms with van der Waals surface area (Å²) in [5.74, 6) is 0. The maximum absolute atomic E-state index is 11.0. The highest BCUT2D eigenvalue weighted by atomic mass is 16.5. The molecular weight excluding hydrogens is 200 g/mol. The Morgan fingerprint density at radius 3 is 2.62 bits per heavy atom. The van der Waals surface area contributed by atoms with Gasteiger partial charge in [0, 0.05) is 6.42 Å². The van der Waals surface area contributed by atoms with Crippen LogP contribution in [0.4, 0.5) is 0 Å². The van der Waals surface area contributed by atoms with E-state index in [0.717, 1.165) is 18.3 Å². The topological polar surface area (TPSA) is 26.3 Å². The molecule has 0 spiro atoms. The maximum atomic E-state index is 11.0. The van der Waals surface area contributed by atoms with Gasteiger partial charge in [-0.1, -0.05) is 36.4 Å². The first-order valence-corrected chi connectivity index (χ1v) is 5.51. The normalized spacial score (nSPS) is 28.9. The summed E-state index contributed by atoms with van der Waals surface area (Å²) >= 11 is 0. The number of hydrogen-bond donors (Lipinski definition) is 0. The van der Waals surface area contributed by atoms with Crippen molar-refractivity contribution in [3.63, 3.8) is 0 Å². The summed E-state index contributed by atoms with van der Waals surface area (Å²) in [4.78, 5) is 11.0. The average Bonchev–Trinajstić information content (AvgIpc) is 2.56. The van der Waals surface area contributed by atoms with Crippen molar-refractivity contribution in [2.75, 3.05) is 0 Å². The summed E-state index contributed by atoms with van der Waals surface area (Å²) in [6, 6.07) is 10.2. The number of rotatable bonds is 3. The van der Waals surface area contributed by atoms with Crippen molar-refractivity contribution < 1.29 is 9.53 Å². The molecular formula is C14H16O2. The van der Waals surface area contributed by atoms with Crippen LogP contribution in [0.15, 0.2) is 42.0 Å². The van der Waals surface area contributed by atoms with E-state index < -0.39 is 5.60 Å². The predicted molar refractivity (Wildman–Crippen MR) is 63.2 cm³/mol. The number of benzene rings is 1.